The van der Waals surface area contributed by atoms with Gasteiger partial charge < -0.3 is 15.7 Å². The van der Waals surface area contributed by atoms with Gasteiger partial charge in [0.2, 0.25) is 0 Å². The van der Waals surface area contributed by atoms with Crippen molar-refractivity contribution >= 4 is 12.0 Å². The van der Waals surface area contributed by atoms with Crippen molar-refractivity contribution in [3.8, 4) is 0 Å². The second-order valence-electron chi connectivity index (χ2n) is 5.70. The van der Waals surface area contributed by atoms with Crippen molar-refractivity contribution < 1.29 is 14.7 Å². The number of rotatable bonds is 9. The van der Waals surface area contributed by atoms with Crippen LogP contribution in [-0.2, 0) is 4.79 Å². The third kappa shape index (κ3) is 10.4. The maximum Gasteiger partial charge on any atom is 0.314 e. The van der Waals surface area contributed by atoms with Crippen molar-refractivity contribution in [1.29, 1.82) is 0 Å². The van der Waals surface area contributed by atoms with Crippen molar-refractivity contribution in [1.82, 2.24) is 10.6 Å². The van der Waals surface area contributed by atoms with Crippen LogP contribution in [0.15, 0.2) is 0 Å². The van der Waals surface area contributed by atoms with E-state index >= 15 is 0 Å². The van der Waals surface area contributed by atoms with Crippen LogP contribution >= 0.6 is 0 Å². The molecule has 0 bridgehead atoms. The molecule has 5 nitrogen and oxygen atoms in total. The van der Waals surface area contributed by atoms with Crippen molar-refractivity contribution in [3.63, 3.8) is 0 Å². The number of hydrogen-bond donors (Lipinski definition) is 3. The second-order valence-corrected chi connectivity index (χ2v) is 5.70. The van der Waals surface area contributed by atoms with Crippen LogP contribution in [0.3, 0.4) is 0 Å². The summed E-state index contributed by atoms with van der Waals surface area (Å²) in [6.45, 7) is 9.32. The SMILES string of the molecule is CCC(C)CNC(=O)NC[C@H](CC(=O)O)CC(C)C. The Morgan fingerprint density at radius 1 is 1.11 bits per heavy atom. The molecule has 0 aromatic rings. The molecule has 5 heteroatoms. The Morgan fingerprint density at radius 2 is 1.68 bits per heavy atom. The maximum atomic E-state index is 11.6. The van der Waals surface area contributed by atoms with Gasteiger partial charge in [0.1, 0.15) is 0 Å². The van der Waals surface area contributed by atoms with E-state index < -0.39 is 5.97 Å². The minimum absolute atomic E-state index is 0.00755. The van der Waals surface area contributed by atoms with Gasteiger partial charge in [-0.05, 0) is 24.2 Å². The Kier molecular flexibility index (Phi) is 9.00. The summed E-state index contributed by atoms with van der Waals surface area (Å²) >= 11 is 0. The molecule has 0 aromatic heterocycles. The van der Waals surface area contributed by atoms with E-state index in [4.69, 9.17) is 5.11 Å². The molecular weight excluding hydrogens is 244 g/mol. The largest absolute Gasteiger partial charge is 0.481 e. The standard InChI is InChI=1S/C14H28N2O3/c1-5-11(4)8-15-14(19)16-9-12(6-10(2)3)7-13(17)18/h10-12H,5-9H2,1-4H3,(H,17,18)(H2,15,16,19)/t11?,12-/m0/s1. The first kappa shape index (κ1) is 17.7. The smallest absolute Gasteiger partial charge is 0.314 e. The fourth-order valence-electron chi connectivity index (χ4n) is 1.86. The molecule has 0 aliphatic carbocycles. The predicted molar refractivity (Wildman–Crippen MR) is 76.1 cm³/mol. The monoisotopic (exact) mass is 272 g/mol. The van der Waals surface area contributed by atoms with Crippen LogP contribution in [-0.4, -0.2) is 30.2 Å². The molecule has 0 saturated carbocycles. The molecule has 0 rings (SSSR count). The number of nitrogens with one attached hydrogen (secondary N) is 2. The summed E-state index contributed by atoms with van der Waals surface area (Å²) in [4.78, 5) is 22.3. The number of carbonyl (C=O) groups is 2. The number of hydrogen-bond acceptors (Lipinski definition) is 2. The Labute approximate surface area is 116 Å². The fraction of sp³-hybridized carbons (Fsp3) is 0.857. The number of amides is 2. The maximum absolute atomic E-state index is 11.6. The normalized spacial score (nSPS) is 13.9. The van der Waals surface area contributed by atoms with E-state index in [1.165, 1.54) is 0 Å². The molecule has 1 unspecified atom stereocenters. The molecule has 0 spiro atoms. The number of carbonyl (C=O) groups excluding carboxylic acids is 1. The lowest BCUT2D eigenvalue weighted by molar-refractivity contribution is -0.138. The molecule has 0 aromatic carbocycles. The Balaban J connectivity index is 4.01. The molecule has 0 aliphatic rings. The summed E-state index contributed by atoms with van der Waals surface area (Å²) in [5, 5.41) is 14.4. The zero-order valence-electron chi connectivity index (χ0n) is 12.5. The molecule has 0 heterocycles. The van der Waals surface area contributed by atoms with Crippen LogP contribution in [0.25, 0.3) is 0 Å². The van der Waals surface area contributed by atoms with Crippen LogP contribution in [0.2, 0.25) is 0 Å². The van der Waals surface area contributed by atoms with Gasteiger partial charge in [-0.15, -0.1) is 0 Å². The van der Waals surface area contributed by atoms with Crippen LogP contribution in [0, 0.1) is 17.8 Å². The zero-order valence-corrected chi connectivity index (χ0v) is 12.5. The van der Waals surface area contributed by atoms with Crippen molar-refractivity contribution in [2.75, 3.05) is 13.1 Å². The highest BCUT2D eigenvalue weighted by Crippen LogP contribution is 2.14. The quantitative estimate of drug-likeness (QED) is 0.603. The number of carboxylic acid groups (broad SMARTS) is 1. The lowest BCUT2D eigenvalue weighted by Gasteiger charge is -2.18. The summed E-state index contributed by atoms with van der Waals surface area (Å²) in [6, 6.07) is -0.209. The fourth-order valence-corrected chi connectivity index (χ4v) is 1.86. The Bertz CT molecular complexity index is 280. The van der Waals surface area contributed by atoms with Gasteiger partial charge in [0.25, 0.3) is 0 Å². The predicted octanol–water partition coefficient (Wildman–Crippen LogP) is 2.47. The molecule has 3 N–H and O–H groups in total. The van der Waals surface area contributed by atoms with E-state index in [-0.39, 0.29) is 18.4 Å². The molecule has 19 heavy (non-hydrogen) atoms. The molecule has 2 amide bonds. The summed E-state index contributed by atoms with van der Waals surface area (Å²) in [5.41, 5.74) is 0. The number of aliphatic carboxylic acids is 1. The van der Waals surface area contributed by atoms with E-state index in [1.807, 2.05) is 0 Å². The van der Waals surface area contributed by atoms with Gasteiger partial charge in [-0.2, -0.15) is 0 Å². The van der Waals surface area contributed by atoms with Crippen molar-refractivity contribution in [2.45, 2.75) is 47.0 Å². The van der Waals surface area contributed by atoms with Gasteiger partial charge in [0.05, 0.1) is 0 Å². The highest BCUT2D eigenvalue weighted by atomic mass is 16.4. The van der Waals surface area contributed by atoms with Crippen molar-refractivity contribution in [3.05, 3.63) is 0 Å². The average Bonchev–Trinajstić information content (AvgIpc) is 2.31. The van der Waals surface area contributed by atoms with Crippen LogP contribution in [0.5, 0.6) is 0 Å². The summed E-state index contributed by atoms with van der Waals surface area (Å²) < 4.78 is 0. The third-order valence-corrected chi connectivity index (χ3v) is 3.13. The molecule has 0 fully saturated rings. The molecule has 112 valence electrons. The average molecular weight is 272 g/mol. The summed E-state index contributed by atoms with van der Waals surface area (Å²) in [6.07, 6.45) is 1.93. The summed E-state index contributed by atoms with van der Waals surface area (Å²) in [5.74, 6) is 0.0601. The molecule has 0 radical (unpaired) electrons. The van der Waals surface area contributed by atoms with E-state index in [1.54, 1.807) is 0 Å². The van der Waals surface area contributed by atoms with Gasteiger partial charge in [0.15, 0.2) is 0 Å². The minimum Gasteiger partial charge on any atom is -0.481 e. The molecule has 0 saturated heterocycles. The first-order valence-electron chi connectivity index (χ1n) is 7.08. The second kappa shape index (κ2) is 9.64. The zero-order chi connectivity index (χ0) is 14.8. The Morgan fingerprint density at radius 3 is 2.16 bits per heavy atom. The van der Waals surface area contributed by atoms with E-state index in [0.29, 0.717) is 24.9 Å². The van der Waals surface area contributed by atoms with Gasteiger partial charge in [-0.1, -0.05) is 34.1 Å². The molecular formula is C14H28N2O3. The topological polar surface area (TPSA) is 78.4 Å². The first-order chi connectivity index (χ1) is 8.85. The van der Waals surface area contributed by atoms with Crippen LogP contribution in [0.4, 0.5) is 4.79 Å². The van der Waals surface area contributed by atoms with E-state index in [9.17, 15) is 9.59 Å². The van der Waals surface area contributed by atoms with Crippen LogP contribution in [0.1, 0.15) is 47.0 Å². The summed E-state index contributed by atoms with van der Waals surface area (Å²) in [7, 11) is 0. The highest BCUT2D eigenvalue weighted by molar-refractivity contribution is 5.74. The Hall–Kier alpha value is -1.26. The number of urea groups is 1. The lowest BCUT2D eigenvalue weighted by Crippen LogP contribution is -2.40. The third-order valence-electron chi connectivity index (χ3n) is 3.13. The van der Waals surface area contributed by atoms with Crippen molar-refractivity contribution in [2.24, 2.45) is 17.8 Å². The van der Waals surface area contributed by atoms with Gasteiger partial charge >= 0.3 is 12.0 Å². The van der Waals surface area contributed by atoms with Gasteiger partial charge in [-0.25, -0.2) is 4.79 Å². The lowest BCUT2D eigenvalue weighted by atomic mass is 9.94. The van der Waals surface area contributed by atoms with E-state index in [0.717, 1.165) is 12.8 Å². The van der Waals surface area contributed by atoms with Gasteiger partial charge in [0, 0.05) is 19.5 Å². The van der Waals surface area contributed by atoms with Crippen LogP contribution < -0.4 is 10.6 Å². The first-order valence-corrected chi connectivity index (χ1v) is 7.08. The molecule has 2 atom stereocenters. The number of carboxylic acids is 1. The molecule has 0 aliphatic heterocycles. The van der Waals surface area contributed by atoms with Gasteiger partial charge in [-0.3, -0.25) is 4.79 Å². The minimum atomic E-state index is -0.813. The highest BCUT2D eigenvalue weighted by Gasteiger charge is 2.16. The van der Waals surface area contributed by atoms with E-state index in [2.05, 4.69) is 38.3 Å².